The summed E-state index contributed by atoms with van der Waals surface area (Å²) < 4.78 is 0. The van der Waals surface area contributed by atoms with Gasteiger partial charge < -0.3 is 4.98 Å². The number of nitrogens with zero attached hydrogens (tertiary/aromatic N) is 1. The van der Waals surface area contributed by atoms with Crippen LogP contribution >= 0.6 is 0 Å². The molecule has 1 heterocycles. The highest BCUT2D eigenvalue weighted by atomic mass is 16.1. The van der Waals surface area contributed by atoms with E-state index in [0.717, 1.165) is 5.69 Å². The van der Waals surface area contributed by atoms with Gasteiger partial charge in [0.2, 0.25) is 0 Å². The Morgan fingerprint density at radius 3 is 2.78 bits per heavy atom. The first-order valence-electron chi connectivity index (χ1n) is 2.48. The van der Waals surface area contributed by atoms with E-state index in [-0.39, 0.29) is 5.82 Å². The average Bonchev–Trinajstić information content (AvgIpc) is 2.14. The first kappa shape index (κ1) is 5.81. The van der Waals surface area contributed by atoms with Crippen molar-refractivity contribution in [3.63, 3.8) is 0 Å². The van der Waals surface area contributed by atoms with Crippen LogP contribution in [0.15, 0.2) is 6.20 Å². The molecule has 1 aromatic rings. The molecular formula is C5H6N3O. The molecule has 4 nitrogen and oxygen atoms in total. The fourth-order valence-corrected chi connectivity index (χ4v) is 0.530. The van der Waals surface area contributed by atoms with E-state index in [0.29, 0.717) is 0 Å². The molecule has 1 aromatic heterocycles. The number of carbonyl (C=O) groups excluding carboxylic acids is 1. The number of carbonyl (C=O) groups is 1. The monoisotopic (exact) mass is 124 g/mol. The quantitative estimate of drug-likeness (QED) is 0.578. The van der Waals surface area contributed by atoms with Crippen molar-refractivity contribution in [3.05, 3.63) is 17.7 Å². The predicted octanol–water partition coefficient (Wildman–Crippen LogP) is 0.141. The van der Waals surface area contributed by atoms with E-state index in [1.165, 1.54) is 0 Å². The smallest absolute Gasteiger partial charge is 0.305 e. The number of hydrogen-bond donors (Lipinski definition) is 1. The van der Waals surface area contributed by atoms with Crippen LogP contribution in [0.3, 0.4) is 0 Å². The fraction of sp³-hybridized carbons (Fsp3) is 0.200. The summed E-state index contributed by atoms with van der Waals surface area (Å²) >= 11 is 0. The van der Waals surface area contributed by atoms with E-state index in [1.807, 2.05) is 0 Å². The van der Waals surface area contributed by atoms with Gasteiger partial charge in [0.1, 0.15) is 0 Å². The first-order valence-corrected chi connectivity index (χ1v) is 2.48. The zero-order valence-electron chi connectivity index (χ0n) is 4.93. The Kier molecular flexibility index (Phi) is 1.22. The van der Waals surface area contributed by atoms with Gasteiger partial charge in [0, 0.05) is 6.20 Å². The molecule has 0 unspecified atom stereocenters. The molecule has 0 fully saturated rings. The van der Waals surface area contributed by atoms with Crippen LogP contribution < -0.4 is 5.73 Å². The van der Waals surface area contributed by atoms with E-state index >= 15 is 0 Å². The van der Waals surface area contributed by atoms with Crippen molar-refractivity contribution in [3.8, 4) is 0 Å². The van der Waals surface area contributed by atoms with Crippen LogP contribution in [0.5, 0.6) is 0 Å². The molecule has 1 rings (SSSR count). The first-order chi connectivity index (χ1) is 4.20. The molecule has 1 radical (unpaired) electrons. The molecule has 0 bridgehead atoms. The lowest BCUT2D eigenvalue weighted by atomic mass is 10.6. The second-order valence-corrected chi connectivity index (χ2v) is 1.72. The van der Waals surface area contributed by atoms with Crippen molar-refractivity contribution in [1.82, 2.24) is 15.7 Å². The second kappa shape index (κ2) is 1.89. The zero-order chi connectivity index (χ0) is 6.85. The Labute approximate surface area is 52.1 Å². The summed E-state index contributed by atoms with van der Waals surface area (Å²) in [5, 5.41) is 0. The minimum absolute atomic E-state index is 0.104. The molecule has 0 aliphatic rings. The minimum atomic E-state index is -0.775. The van der Waals surface area contributed by atoms with Crippen LogP contribution in [0.4, 0.5) is 0 Å². The number of aromatic amines is 1. The standard InChI is InChI=1S/C5H6N3O/c1-3-2-7-5(8-3)4(6)9/h2,6H,1H3,(H,7,8). The van der Waals surface area contributed by atoms with Gasteiger partial charge in [0.25, 0.3) is 0 Å². The van der Waals surface area contributed by atoms with Gasteiger partial charge >= 0.3 is 5.91 Å². The number of amides is 1. The summed E-state index contributed by atoms with van der Waals surface area (Å²) in [6.07, 6.45) is 1.59. The van der Waals surface area contributed by atoms with Gasteiger partial charge in [-0.2, -0.15) is 0 Å². The molecule has 2 N–H and O–H groups in total. The van der Waals surface area contributed by atoms with E-state index in [9.17, 15) is 4.79 Å². The molecule has 9 heavy (non-hydrogen) atoms. The molecule has 0 aliphatic heterocycles. The van der Waals surface area contributed by atoms with E-state index < -0.39 is 5.91 Å². The number of H-pyrrole nitrogens is 1. The van der Waals surface area contributed by atoms with Gasteiger partial charge in [-0.3, -0.25) is 10.5 Å². The van der Waals surface area contributed by atoms with E-state index in [2.05, 4.69) is 9.97 Å². The van der Waals surface area contributed by atoms with Crippen LogP contribution in [0, 0.1) is 6.92 Å². The van der Waals surface area contributed by atoms with Gasteiger partial charge in [-0.25, -0.2) is 4.98 Å². The Balaban J connectivity index is 2.98. The lowest BCUT2D eigenvalue weighted by Crippen LogP contribution is -2.00. The van der Waals surface area contributed by atoms with Gasteiger partial charge in [-0.15, -0.1) is 0 Å². The summed E-state index contributed by atoms with van der Waals surface area (Å²) in [6.45, 7) is 1.75. The zero-order valence-corrected chi connectivity index (χ0v) is 4.93. The van der Waals surface area contributed by atoms with Crippen molar-refractivity contribution in [2.24, 2.45) is 0 Å². The molecule has 0 spiro atoms. The number of imidazole rings is 1. The summed E-state index contributed by atoms with van der Waals surface area (Å²) in [5.74, 6) is -0.671. The fourth-order valence-electron chi connectivity index (χ4n) is 0.530. The van der Waals surface area contributed by atoms with Gasteiger partial charge in [0.05, 0.1) is 5.69 Å². The van der Waals surface area contributed by atoms with Crippen LogP contribution in [0.25, 0.3) is 0 Å². The molecule has 4 heteroatoms. The van der Waals surface area contributed by atoms with Gasteiger partial charge in [-0.05, 0) is 6.92 Å². The maximum Gasteiger partial charge on any atom is 0.305 e. The SMILES string of the molecule is Cc1c[nH]c(C([NH])=O)n1. The van der Waals surface area contributed by atoms with Crippen LogP contribution in [-0.4, -0.2) is 15.9 Å². The molecule has 47 valence electrons. The molecule has 0 aromatic carbocycles. The lowest BCUT2D eigenvalue weighted by molar-refractivity contribution is 0.0983. The maximum atomic E-state index is 10.2. The number of aromatic nitrogens is 2. The van der Waals surface area contributed by atoms with E-state index in [4.69, 9.17) is 5.73 Å². The molecule has 0 aliphatic carbocycles. The summed E-state index contributed by atoms with van der Waals surface area (Å²) in [4.78, 5) is 16.5. The predicted molar refractivity (Wildman–Crippen MR) is 30.8 cm³/mol. The Morgan fingerprint density at radius 1 is 1.89 bits per heavy atom. The molecular weight excluding hydrogens is 118 g/mol. The molecule has 0 saturated heterocycles. The molecule has 1 amide bonds. The summed E-state index contributed by atoms with van der Waals surface area (Å²) in [6, 6.07) is 0. The lowest BCUT2D eigenvalue weighted by Gasteiger charge is -1.79. The van der Waals surface area contributed by atoms with Crippen LogP contribution in [-0.2, 0) is 0 Å². The largest absolute Gasteiger partial charge is 0.340 e. The maximum absolute atomic E-state index is 10.2. The van der Waals surface area contributed by atoms with E-state index in [1.54, 1.807) is 13.1 Å². The summed E-state index contributed by atoms with van der Waals surface area (Å²) in [5.41, 5.74) is 7.33. The highest BCUT2D eigenvalue weighted by molar-refractivity contribution is 5.88. The third-order valence-electron chi connectivity index (χ3n) is 0.921. The Morgan fingerprint density at radius 2 is 2.56 bits per heavy atom. The van der Waals surface area contributed by atoms with Crippen molar-refractivity contribution >= 4 is 5.91 Å². The Hall–Kier alpha value is -1.32. The number of aryl methyl sites for hydroxylation is 1. The summed E-state index contributed by atoms with van der Waals surface area (Å²) in [7, 11) is 0. The third-order valence-corrected chi connectivity index (χ3v) is 0.921. The second-order valence-electron chi connectivity index (χ2n) is 1.72. The van der Waals surface area contributed by atoms with Crippen LogP contribution in [0.2, 0.25) is 0 Å². The van der Waals surface area contributed by atoms with Gasteiger partial charge in [-0.1, -0.05) is 0 Å². The van der Waals surface area contributed by atoms with Crippen molar-refractivity contribution in [1.29, 1.82) is 0 Å². The van der Waals surface area contributed by atoms with Crippen molar-refractivity contribution < 1.29 is 4.79 Å². The third kappa shape index (κ3) is 1.07. The van der Waals surface area contributed by atoms with Crippen molar-refractivity contribution in [2.45, 2.75) is 6.92 Å². The Bertz CT molecular complexity index is 228. The highest BCUT2D eigenvalue weighted by Gasteiger charge is 2.02. The minimum Gasteiger partial charge on any atom is -0.340 e. The normalized spacial score (nSPS) is 9.44. The molecule has 0 atom stereocenters. The molecule has 0 saturated carbocycles. The number of nitrogens with one attached hydrogen (secondary N) is 2. The van der Waals surface area contributed by atoms with Gasteiger partial charge in [0.15, 0.2) is 5.82 Å². The topological polar surface area (TPSA) is 69.6 Å². The van der Waals surface area contributed by atoms with Crippen molar-refractivity contribution in [2.75, 3.05) is 0 Å². The number of rotatable bonds is 1. The van der Waals surface area contributed by atoms with Crippen LogP contribution in [0.1, 0.15) is 16.3 Å². The highest BCUT2D eigenvalue weighted by Crippen LogP contribution is 1.92. The number of hydrogen-bond acceptors (Lipinski definition) is 2. The average molecular weight is 124 g/mol.